The van der Waals surface area contributed by atoms with Crippen LogP contribution in [0.1, 0.15) is 30.9 Å². The maximum absolute atomic E-state index is 14.1. The molecule has 3 nitrogen and oxygen atoms in total. The van der Waals surface area contributed by atoms with Crippen molar-refractivity contribution in [3.63, 3.8) is 0 Å². The summed E-state index contributed by atoms with van der Waals surface area (Å²) >= 11 is 0. The quantitative estimate of drug-likeness (QED) is 0.803. The van der Waals surface area contributed by atoms with Crippen LogP contribution in [0.15, 0.2) is 42.5 Å². The zero-order valence-corrected chi connectivity index (χ0v) is 13.7. The molecule has 0 aliphatic carbocycles. The highest BCUT2D eigenvalue weighted by Crippen LogP contribution is 2.28. The van der Waals surface area contributed by atoms with Crippen molar-refractivity contribution in [2.24, 2.45) is 5.73 Å². The van der Waals surface area contributed by atoms with Crippen LogP contribution in [-0.4, -0.2) is 19.8 Å². The Morgan fingerprint density at radius 1 is 1.00 bits per heavy atom. The molecule has 2 aromatic rings. The molecule has 0 aromatic heterocycles. The normalized spacial score (nSPS) is 12.0. The minimum absolute atomic E-state index is 0.0294. The molecular formula is C19H24FNO2. The number of halogens is 1. The van der Waals surface area contributed by atoms with Crippen molar-refractivity contribution in [2.45, 2.75) is 26.2 Å². The molecule has 0 fully saturated rings. The van der Waals surface area contributed by atoms with Gasteiger partial charge >= 0.3 is 0 Å². The molecule has 23 heavy (non-hydrogen) atoms. The Labute approximate surface area is 137 Å². The number of para-hydroxylation sites is 1. The number of rotatable bonds is 8. The summed E-state index contributed by atoms with van der Waals surface area (Å²) in [4.78, 5) is 0. The van der Waals surface area contributed by atoms with Gasteiger partial charge in [0.2, 0.25) is 0 Å². The lowest BCUT2D eigenvalue weighted by Gasteiger charge is -2.18. The van der Waals surface area contributed by atoms with E-state index >= 15 is 0 Å². The van der Waals surface area contributed by atoms with Crippen molar-refractivity contribution < 1.29 is 13.9 Å². The molecule has 4 heteroatoms. The largest absolute Gasteiger partial charge is 0.494 e. The first kappa shape index (κ1) is 17.3. The summed E-state index contributed by atoms with van der Waals surface area (Å²) in [5, 5.41) is 0. The van der Waals surface area contributed by atoms with Crippen LogP contribution < -0.4 is 15.2 Å². The summed E-state index contributed by atoms with van der Waals surface area (Å²) in [6.07, 6.45) is 0.708. The lowest BCUT2D eigenvalue weighted by Crippen LogP contribution is -2.16. The van der Waals surface area contributed by atoms with Gasteiger partial charge in [-0.15, -0.1) is 0 Å². The molecule has 2 rings (SSSR count). The zero-order chi connectivity index (χ0) is 16.7. The van der Waals surface area contributed by atoms with Gasteiger partial charge < -0.3 is 15.2 Å². The maximum atomic E-state index is 14.1. The Bertz CT molecular complexity index is 631. The molecule has 0 bridgehead atoms. The van der Waals surface area contributed by atoms with Crippen LogP contribution in [-0.2, 0) is 6.42 Å². The number of benzene rings is 2. The molecule has 0 heterocycles. The molecule has 1 atom stereocenters. The Morgan fingerprint density at radius 2 is 1.70 bits per heavy atom. The molecule has 2 aromatic carbocycles. The van der Waals surface area contributed by atoms with E-state index in [1.807, 2.05) is 44.2 Å². The van der Waals surface area contributed by atoms with Crippen molar-refractivity contribution >= 4 is 0 Å². The van der Waals surface area contributed by atoms with E-state index in [9.17, 15) is 4.39 Å². The standard InChI is InChI=1S/C19H24FNO2/c1-3-22-18-8-6-5-7-15(18)11-16(13-21)14-9-10-19(23-4-2)17(20)12-14/h5-10,12,16H,3-4,11,13,21H2,1-2H3. The number of hydrogen-bond acceptors (Lipinski definition) is 3. The fraction of sp³-hybridized carbons (Fsp3) is 0.368. The molecule has 0 radical (unpaired) electrons. The first-order chi connectivity index (χ1) is 11.2. The molecule has 0 aliphatic rings. The Hall–Kier alpha value is -2.07. The fourth-order valence-electron chi connectivity index (χ4n) is 2.62. The second kappa shape index (κ2) is 8.53. The van der Waals surface area contributed by atoms with Gasteiger partial charge in [0.05, 0.1) is 13.2 Å². The molecule has 2 N–H and O–H groups in total. The molecule has 0 saturated heterocycles. The summed E-state index contributed by atoms with van der Waals surface area (Å²) in [7, 11) is 0. The van der Waals surface area contributed by atoms with E-state index in [-0.39, 0.29) is 17.5 Å². The van der Waals surface area contributed by atoms with E-state index in [1.54, 1.807) is 6.07 Å². The van der Waals surface area contributed by atoms with E-state index in [0.717, 1.165) is 16.9 Å². The minimum atomic E-state index is -0.346. The predicted molar refractivity (Wildman–Crippen MR) is 90.7 cm³/mol. The smallest absolute Gasteiger partial charge is 0.165 e. The molecule has 0 aliphatic heterocycles. The Balaban J connectivity index is 2.22. The van der Waals surface area contributed by atoms with Crippen LogP contribution in [0.25, 0.3) is 0 Å². The van der Waals surface area contributed by atoms with Crippen molar-refractivity contribution in [1.82, 2.24) is 0 Å². The van der Waals surface area contributed by atoms with E-state index in [0.29, 0.717) is 26.2 Å². The summed E-state index contributed by atoms with van der Waals surface area (Å²) in [6, 6.07) is 13.0. The second-order valence-corrected chi connectivity index (χ2v) is 5.30. The third kappa shape index (κ3) is 4.45. The molecule has 0 spiro atoms. The fourth-order valence-corrected chi connectivity index (χ4v) is 2.62. The van der Waals surface area contributed by atoms with E-state index in [2.05, 4.69) is 0 Å². The average Bonchev–Trinajstić information content (AvgIpc) is 2.56. The lowest BCUT2D eigenvalue weighted by atomic mass is 9.91. The monoisotopic (exact) mass is 317 g/mol. The van der Waals surface area contributed by atoms with Gasteiger partial charge in [-0.05, 0) is 56.1 Å². The van der Waals surface area contributed by atoms with E-state index in [1.165, 1.54) is 6.07 Å². The number of nitrogens with two attached hydrogens (primary N) is 1. The van der Waals surface area contributed by atoms with E-state index in [4.69, 9.17) is 15.2 Å². The molecular weight excluding hydrogens is 293 g/mol. The van der Waals surface area contributed by atoms with Gasteiger partial charge in [-0.2, -0.15) is 0 Å². The number of hydrogen-bond donors (Lipinski definition) is 1. The third-order valence-corrected chi connectivity index (χ3v) is 3.75. The van der Waals surface area contributed by atoms with Crippen LogP contribution >= 0.6 is 0 Å². The van der Waals surface area contributed by atoms with Crippen molar-refractivity contribution in [3.05, 3.63) is 59.4 Å². The average molecular weight is 317 g/mol. The third-order valence-electron chi connectivity index (χ3n) is 3.75. The van der Waals surface area contributed by atoms with Crippen LogP contribution in [0, 0.1) is 5.82 Å². The molecule has 0 amide bonds. The number of ether oxygens (including phenoxy) is 2. The molecule has 0 saturated carbocycles. The summed E-state index contributed by atoms with van der Waals surface area (Å²) in [5.41, 5.74) is 7.89. The molecule has 1 unspecified atom stereocenters. The Morgan fingerprint density at radius 3 is 2.35 bits per heavy atom. The van der Waals surface area contributed by atoms with Crippen LogP contribution in [0.5, 0.6) is 11.5 Å². The van der Waals surface area contributed by atoms with Crippen molar-refractivity contribution in [2.75, 3.05) is 19.8 Å². The lowest BCUT2D eigenvalue weighted by molar-refractivity contribution is 0.321. The van der Waals surface area contributed by atoms with Crippen LogP contribution in [0.2, 0.25) is 0 Å². The highest BCUT2D eigenvalue weighted by molar-refractivity contribution is 5.37. The summed E-state index contributed by atoms with van der Waals surface area (Å²) < 4.78 is 25.0. The van der Waals surface area contributed by atoms with Gasteiger partial charge in [0.15, 0.2) is 11.6 Å². The van der Waals surface area contributed by atoms with Crippen molar-refractivity contribution in [3.8, 4) is 11.5 Å². The molecule has 124 valence electrons. The minimum Gasteiger partial charge on any atom is -0.494 e. The van der Waals surface area contributed by atoms with E-state index < -0.39 is 0 Å². The van der Waals surface area contributed by atoms with Gasteiger partial charge in [0.1, 0.15) is 5.75 Å². The predicted octanol–water partition coefficient (Wildman–Crippen LogP) is 3.91. The van der Waals surface area contributed by atoms with Gasteiger partial charge in [0.25, 0.3) is 0 Å². The first-order valence-electron chi connectivity index (χ1n) is 8.02. The maximum Gasteiger partial charge on any atom is 0.165 e. The van der Waals surface area contributed by atoms with Crippen molar-refractivity contribution in [1.29, 1.82) is 0 Å². The summed E-state index contributed by atoms with van der Waals surface area (Å²) in [6.45, 7) is 5.29. The first-order valence-corrected chi connectivity index (χ1v) is 8.02. The SMILES string of the molecule is CCOc1ccc(C(CN)Cc2ccccc2OCC)cc1F. The Kier molecular flexibility index (Phi) is 6.41. The zero-order valence-electron chi connectivity index (χ0n) is 13.7. The van der Waals surface area contributed by atoms with Crippen LogP contribution in [0.3, 0.4) is 0 Å². The van der Waals surface area contributed by atoms with Gasteiger partial charge in [-0.25, -0.2) is 4.39 Å². The highest BCUT2D eigenvalue weighted by atomic mass is 19.1. The summed E-state index contributed by atoms with van der Waals surface area (Å²) in [5.74, 6) is 0.823. The van der Waals surface area contributed by atoms with Gasteiger partial charge in [0, 0.05) is 5.92 Å². The highest BCUT2D eigenvalue weighted by Gasteiger charge is 2.15. The second-order valence-electron chi connectivity index (χ2n) is 5.30. The van der Waals surface area contributed by atoms with Gasteiger partial charge in [-0.3, -0.25) is 0 Å². The van der Waals surface area contributed by atoms with Crippen LogP contribution in [0.4, 0.5) is 4.39 Å². The topological polar surface area (TPSA) is 44.5 Å². The van der Waals surface area contributed by atoms with Gasteiger partial charge in [-0.1, -0.05) is 24.3 Å².